The Morgan fingerprint density at radius 2 is 1.74 bits per heavy atom. The molecule has 3 N–H and O–H groups in total. The van der Waals surface area contributed by atoms with Crippen LogP contribution in [-0.2, 0) is 4.79 Å². The van der Waals surface area contributed by atoms with Gasteiger partial charge in [0.1, 0.15) is 0 Å². The first-order valence-corrected chi connectivity index (χ1v) is 9.37. The molecule has 3 amide bonds. The number of rotatable bonds is 5. The monoisotopic (exact) mass is 366 g/mol. The molecule has 6 heteroatoms. The van der Waals surface area contributed by atoms with E-state index < -0.39 is 6.03 Å². The molecule has 1 fully saturated rings. The summed E-state index contributed by atoms with van der Waals surface area (Å²) in [5, 5.41) is 8.23. The molecule has 0 spiro atoms. The predicted molar refractivity (Wildman–Crippen MR) is 109 cm³/mol. The highest BCUT2D eigenvalue weighted by atomic mass is 16.2. The van der Waals surface area contributed by atoms with Gasteiger partial charge in [0, 0.05) is 18.8 Å². The Balaban J connectivity index is 1.53. The van der Waals surface area contributed by atoms with E-state index in [4.69, 9.17) is 0 Å². The van der Waals surface area contributed by atoms with Crippen molar-refractivity contribution in [3.63, 3.8) is 0 Å². The van der Waals surface area contributed by atoms with Crippen LogP contribution >= 0.6 is 0 Å². The van der Waals surface area contributed by atoms with Crippen LogP contribution in [0.5, 0.6) is 0 Å². The van der Waals surface area contributed by atoms with Gasteiger partial charge in [0.15, 0.2) is 0 Å². The van der Waals surface area contributed by atoms with Crippen molar-refractivity contribution in [1.82, 2.24) is 5.32 Å². The van der Waals surface area contributed by atoms with Gasteiger partial charge in [0.25, 0.3) is 0 Å². The maximum Gasteiger partial charge on any atom is 0.319 e. The number of piperidine rings is 1. The van der Waals surface area contributed by atoms with Gasteiger partial charge in [-0.1, -0.05) is 24.3 Å². The zero-order valence-electron chi connectivity index (χ0n) is 15.6. The van der Waals surface area contributed by atoms with E-state index in [1.807, 2.05) is 55.5 Å². The highest BCUT2D eigenvalue weighted by Gasteiger charge is 2.15. The van der Waals surface area contributed by atoms with E-state index in [1.165, 1.54) is 19.3 Å². The molecule has 6 nitrogen and oxygen atoms in total. The number of benzene rings is 2. The number of anilines is 3. The molecule has 1 aliphatic rings. The van der Waals surface area contributed by atoms with Crippen LogP contribution in [0.4, 0.5) is 21.9 Å². The van der Waals surface area contributed by atoms with Gasteiger partial charge in [-0.2, -0.15) is 0 Å². The fourth-order valence-electron chi connectivity index (χ4n) is 3.24. The number of carbonyl (C=O) groups is 2. The summed E-state index contributed by atoms with van der Waals surface area (Å²) < 4.78 is 0. The van der Waals surface area contributed by atoms with E-state index in [0.717, 1.165) is 30.0 Å². The molecule has 2 aromatic carbocycles. The van der Waals surface area contributed by atoms with E-state index in [2.05, 4.69) is 20.9 Å². The number of amides is 3. The lowest BCUT2D eigenvalue weighted by molar-refractivity contribution is -0.115. The number of urea groups is 1. The van der Waals surface area contributed by atoms with Crippen LogP contribution < -0.4 is 20.9 Å². The maximum atomic E-state index is 12.3. The molecule has 0 atom stereocenters. The summed E-state index contributed by atoms with van der Waals surface area (Å²) in [4.78, 5) is 26.6. The highest BCUT2D eigenvalue weighted by molar-refractivity contribution is 5.98. The molecule has 1 aliphatic heterocycles. The Morgan fingerprint density at radius 1 is 0.963 bits per heavy atom. The first-order valence-electron chi connectivity index (χ1n) is 9.37. The molecule has 0 unspecified atom stereocenters. The summed E-state index contributed by atoms with van der Waals surface area (Å²) in [5.74, 6) is -0.251. The Bertz CT molecular complexity index is 800. The van der Waals surface area contributed by atoms with Gasteiger partial charge in [-0.05, 0) is 56.0 Å². The largest absolute Gasteiger partial charge is 0.370 e. The average Bonchev–Trinajstić information content (AvgIpc) is 2.67. The summed E-state index contributed by atoms with van der Waals surface area (Å²) in [6.07, 6.45) is 3.59. The third kappa shape index (κ3) is 5.48. The van der Waals surface area contributed by atoms with E-state index in [9.17, 15) is 9.59 Å². The number of carbonyl (C=O) groups excluding carboxylic acids is 2. The fraction of sp³-hybridized carbons (Fsp3) is 0.333. The molecule has 2 aromatic rings. The fourth-order valence-corrected chi connectivity index (χ4v) is 3.24. The summed E-state index contributed by atoms with van der Waals surface area (Å²) in [5.41, 5.74) is 3.57. The van der Waals surface area contributed by atoms with Crippen molar-refractivity contribution in [3.05, 3.63) is 54.1 Å². The highest BCUT2D eigenvalue weighted by Crippen LogP contribution is 2.28. The Labute approximate surface area is 159 Å². The van der Waals surface area contributed by atoms with Crippen LogP contribution in [0.3, 0.4) is 0 Å². The quantitative estimate of drug-likeness (QED) is 0.755. The molecular formula is C21H26N4O2. The van der Waals surface area contributed by atoms with Crippen LogP contribution in [-0.4, -0.2) is 31.6 Å². The van der Waals surface area contributed by atoms with Gasteiger partial charge >= 0.3 is 6.03 Å². The predicted octanol–water partition coefficient (Wildman–Crippen LogP) is 3.75. The number of hydrogen-bond acceptors (Lipinski definition) is 3. The zero-order chi connectivity index (χ0) is 19.1. The Kier molecular flexibility index (Phi) is 6.30. The third-order valence-electron chi connectivity index (χ3n) is 4.56. The molecule has 0 bridgehead atoms. The lowest BCUT2D eigenvalue weighted by atomic mass is 10.1. The molecule has 0 aromatic heterocycles. The lowest BCUT2D eigenvalue weighted by Crippen LogP contribution is -2.36. The van der Waals surface area contributed by atoms with Crippen molar-refractivity contribution in [2.24, 2.45) is 0 Å². The summed E-state index contributed by atoms with van der Waals surface area (Å²) in [6.45, 7) is 3.87. The molecule has 0 radical (unpaired) electrons. The molecule has 1 saturated heterocycles. The second-order valence-electron chi connectivity index (χ2n) is 6.79. The van der Waals surface area contributed by atoms with E-state index in [-0.39, 0.29) is 12.5 Å². The van der Waals surface area contributed by atoms with Crippen LogP contribution in [0, 0.1) is 6.92 Å². The van der Waals surface area contributed by atoms with E-state index in [1.54, 1.807) is 0 Å². The van der Waals surface area contributed by atoms with Gasteiger partial charge in [-0.15, -0.1) is 0 Å². The van der Waals surface area contributed by atoms with Crippen molar-refractivity contribution < 1.29 is 9.59 Å². The summed E-state index contributed by atoms with van der Waals surface area (Å²) >= 11 is 0. The minimum atomic E-state index is -0.403. The molecule has 0 aliphatic carbocycles. The van der Waals surface area contributed by atoms with Crippen LogP contribution in [0.25, 0.3) is 0 Å². The number of para-hydroxylation sites is 2. The summed E-state index contributed by atoms with van der Waals surface area (Å²) in [7, 11) is 0. The number of hydrogen-bond donors (Lipinski definition) is 3. The molecule has 27 heavy (non-hydrogen) atoms. The number of aryl methyl sites for hydroxylation is 1. The van der Waals surface area contributed by atoms with Crippen molar-refractivity contribution in [2.75, 3.05) is 35.2 Å². The normalized spacial score (nSPS) is 13.7. The average molecular weight is 366 g/mol. The first kappa shape index (κ1) is 18.8. The second-order valence-corrected chi connectivity index (χ2v) is 6.79. The Hall–Kier alpha value is -3.02. The minimum absolute atomic E-state index is 0.0913. The van der Waals surface area contributed by atoms with Crippen molar-refractivity contribution in [3.8, 4) is 0 Å². The number of nitrogens with zero attached hydrogens (tertiary/aromatic N) is 1. The van der Waals surface area contributed by atoms with Crippen LogP contribution in [0.2, 0.25) is 0 Å². The topological polar surface area (TPSA) is 73.5 Å². The molecule has 1 heterocycles. The minimum Gasteiger partial charge on any atom is -0.370 e. The van der Waals surface area contributed by atoms with Crippen molar-refractivity contribution in [1.29, 1.82) is 0 Å². The second kappa shape index (κ2) is 9.07. The van der Waals surface area contributed by atoms with Gasteiger partial charge < -0.3 is 20.9 Å². The van der Waals surface area contributed by atoms with Gasteiger partial charge in [0.05, 0.1) is 17.9 Å². The van der Waals surface area contributed by atoms with E-state index >= 15 is 0 Å². The van der Waals surface area contributed by atoms with Crippen molar-refractivity contribution in [2.45, 2.75) is 26.2 Å². The standard InChI is InChI=1S/C21H26N4O2/c1-16-8-7-9-17(14-16)23-21(27)22-15-20(26)24-18-10-3-4-11-19(18)25-12-5-2-6-13-25/h3-4,7-11,14H,2,5-6,12-13,15H2,1H3,(H,24,26)(H2,22,23,27). The maximum absolute atomic E-state index is 12.3. The molecule has 142 valence electrons. The van der Waals surface area contributed by atoms with Gasteiger partial charge in [0.2, 0.25) is 5.91 Å². The van der Waals surface area contributed by atoms with Gasteiger partial charge in [-0.25, -0.2) is 4.79 Å². The first-order chi connectivity index (χ1) is 13.1. The third-order valence-corrected chi connectivity index (χ3v) is 4.56. The SMILES string of the molecule is Cc1cccc(NC(=O)NCC(=O)Nc2ccccc2N2CCCCC2)c1. The number of nitrogens with one attached hydrogen (secondary N) is 3. The van der Waals surface area contributed by atoms with Crippen LogP contribution in [0.1, 0.15) is 24.8 Å². The van der Waals surface area contributed by atoms with Crippen LogP contribution in [0.15, 0.2) is 48.5 Å². The molecular weight excluding hydrogens is 340 g/mol. The molecule has 0 saturated carbocycles. The van der Waals surface area contributed by atoms with Gasteiger partial charge in [-0.3, -0.25) is 4.79 Å². The van der Waals surface area contributed by atoms with E-state index in [0.29, 0.717) is 5.69 Å². The smallest absolute Gasteiger partial charge is 0.319 e. The Morgan fingerprint density at radius 3 is 2.52 bits per heavy atom. The zero-order valence-corrected chi connectivity index (χ0v) is 15.6. The van der Waals surface area contributed by atoms with Crippen molar-refractivity contribution >= 4 is 29.0 Å². The molecule has 3 rings (SSSR count). The summed E-state index contributed by atoms with van der Waals surface area (Å²) in [6, 6.07) is 14.9. The lowest BCUT2D eigenvalue weighted by Gasteiger charge is -2.30.